The van der Waals surface area contributed by atoms with Crippen molar-refractivity contribution in [2.75, 3.05) is 12.3 Å². The Hall–Kier alpha value is -1.62. The maximum absolute atomic E-state index is 11.8. The van der Waals surface area contributed by atoms with Gasteiger partial charge in [0.2, 0.25) is 5.91 Å². The molecule has 18 heavy (non-hydrogen) atoms. The lowest BCUT2D eigenvalue weighted by atomic mass is 10.0. The highest BCUT2D eigenvalue weighted by atomic mass is 16.3. The molecule has 1 amide bonds. The van der Waals surface area contributed by atoms with Crippen molar-refractivity contribution in [2.24, 2.45) is 5.92 Å². The minimum atomic E-state index is -0.0839. The van der Waals surface area contributed by atoms with Crippen LogP contribution >= 0.6 is 0 Å². The van der Waals surface area contributed by atoms with Gasteiger partial charge in [-0.15, -0.1) is 0 Å². The summed E-state index contributed by atoms with van der Waals surface area (Å²) in [7, 11) is 0. The summed E-state index contributed by atoms with van der Waals surface area (Å²) in [4.78, 5) is 15.9. The van der Waals surface area contributed by atoms with Crippen molar-refractivity contribution in [3.63, 3.8) is 0 Å². The zero-order chi connectivity index (χ0) is 13.5. The molecule has 0 aliphatic carbocycles. The molecular formula is C13H21N3O2. The van der Waals surface area contributed by atoms with E-state index in [4.69, 9.17) is 10.8 Å². The third-order valence-electron chi connectivity index (χ3n) is 2.78. The van der Waals surface area contributed by atoms with Crippen molar-refractivity contribution < 1.29 is 9.90 Å². The van der Waals surface area contributed by atoms with E-state index in [1.54, 1.807) is 12.1 Å². The first-order chi connectivity index (χ1) is 8.52. The number of nitrogens with zero attached hydrogens (tertiary/aromatic N) is 1. The molecular weight excluding hydrogens is 230 g/mol. The number of nitrogens with one attached hydrogen (secondary N) is 1. The van der Waals surface area contributed by atoms with Gasteiger partial charge in [-0.25, -0.2) is 0 Å². The fourth-order valence-electron chi connectivity index (χ4n) is 1.67. The summed E-state index contributed by atoms with van der Waals surface area (Å²) in [6.45, 7) is 4.10. The maximum Gasteiger partial charge on any atom is 0.226 e. The fraction of sp³-hybridized carbons (Fsp3) is 0.538. The molecule has 1 atom stereocenters. The molecule has 0 aliphatic heterocycles. The van der Waals surface area contributed by atoms with Gasteiger partial charge in [0.1, 0.15) is 0 Å². The molecule has 0 spiro atoms. The Bertz CT molecular complexity index is 376. The second-order valence-corrected chi connectivity index (χ2v) is 4.69. The number of carbonyl (C=O) groups is 1. The van der Waals surface area contributed by atoms with Crippen molar-refractivity contribution in [1.82, 2.24) is 10.3 Å². The van der Waals surface area contributed by atoms with Crippen molar-refractivity contribution in [2.45, 2.75) is 32.7 Å². The third-order valence-corrected chi connectivity index (χ3v) is 2.78. The van der Waals surface area contributed by atoms with Gasteiger partial charge in [-0.1, -0.05) is 13.8 Å². The number of amides is 1. The molecule has 5 nitrogen and oxygen atoms in total. The minimum absolute atomic E-state index is 0.00344. The standard InChI is InChI=1S/C13H21N3O2/c1-9(2)12(5-6-17)16-13(18)7-11-4-3-10(14)8-15-11/h3-4,8-9,12,17H,5-7,14H2,1-2H3,(H,16,18). The van der Waals surface area contributed by atoms with Crippen LogP contribution in [0.3, 0.4) is 0 Å². The summed E-state index contributed by atoms with van der Waals surface area (Å²) < 4.78 is 0. The van der Waals surface area contributed by atoms with Crippen LogP contribution in [0.5, 0.6) is 0 Å². The largest absolute Gasteiger partial charge is 0.397 e. The maximum atomic E-state index is 11.8. The van der Waals surface area contributed by atoms with E-state index in [0.29, 0.717) is 23.7 Å². The number of aliphatic hydroxyl groups is 1. The van der Waals surface area contributed by atoms with Crippen molar-refractivity contribution in [3.8, 4) is 0 Å². The number of nitrogen functional groups attached to an aromatic ring is 1. The van der Waals surface area contributed by atoms with Gasteiger partial charge in [-0.3, -0.25) is 9.78 Å². The van der Waals surface area contributed by atoms with Crippen LogP contribution in [0.1, 0.15) is 26.0 Å². The Kier molecular flexibility index (Phi) is 5.58. The van der Waals surface area contributed by atoms with Gasteiger partial charge in [-0.05, 0) is 24.5 Å². The van der Waals surface area contributed by atoms with Crippen LogP contribution in [0.4, 0.5) is 5.69 Å². The molecule has 0 fully saturated rings. The highest BCUT2D eigenvalue weighted by molar-refractivity contribution is 5.78. The zero-order valence-corrected chi connectivity index (χ0v) is 10.9. The lowest BCUT2D eigenvalue weighted by Crippen LogP contribution is -2.40. The van der Waals surface area contributed by atoms with E-state index < -0.39 is 0 Å². The molecule has 0 saturated carbocycles. The van der Waals surface area contributed by atoms with E-state index in [1.807, 2.05) is 13.8 Å². The number of rotatable bonds is 6. The van der Waals surface area contributed by atoms with Gasteiger partial charge >= 0.3 is 0 Å². The molecule has 0 bridgehead atoms. The molecule has 0 saturated heterocycles. The van der Waals surface area contributed by atoms with Crippen molar-refractivity contribution >= 4 is 11.6 Å². The van der Waals surface area contributed by atoms with E-state index >= 15 is 0 Å². The van der Waals surface area contributed by atoms with E-state index in [2.05, 4.69) is 10.3 Å². The molecule has 1 unspecified atom stereocenters. The van der Waals surface area contributed by atoms with Crippen LogP contribution in [0, 0.1) is 5.92 Å². The summed E-state index contributed by atoms with van der Waals surface area (Å²) in [5.41, 5.74) is 6.80. The molecule has 4 N–H and O–H groups in total. The molecule has 1 heterocycles. The molecule has 1 rings (SSSR count). The van der Waals surface area contributed by atoms with Gasteiger partial charge < -0.3 is 16.2 Å². The minimum Gasteiger partial charge on any atom is -0.397 e. The number of aliphatic hydroxyl groups excluding tert-OH is 1. The Morgan fingerprint density at radius 3 is 2.72 bits per heavy atom. The second-order valence-electron chi connectivity index (χ2n) is 4.69. The lowest BCUT2D eigenvalue weighted by Gasteiger charge is -2.21. The van der Waals surface area contributed by atoms with E-state index in [9.17, 15) is 4.79 Å². The highest BCUT2D eigenvalue weighted by Gasteiger charge is 2.15. The number of hydrogen-bond acceptors (Lipinski definition) is 4. The molecule has 1 aromatic rings. The van der Waals surface area contributed by atoms with Crippen LogP contribution in [-0.4, -0.2) is 28.6 Å². The summed E-state index contributed by atoms with van der Waals surface area (Å²) in [5, 5.41) is 11.9. The monoisotopic (exact) mass is 251 g/mol. The Morgan fingerprint density at radius 2 is 2.22 bits per heavy atom. The first-order valence-electron chi connectivity index (χ1n) is 6.13. The third kappa shape index (κ3) is 4.71. The molecule has 1 aromatic heterocycles. The molecule has 100 valence electrons. The van der Waals surface area contributed by atoms with E-state index in [0.717, 1.165) is 0 Å². The highest BCUT2D eigenvalue weighted by Crippen LogP contribution is 2.07. The molecule has 5 heteroatoms. The van der Waals surface area contributed by atoms with Crippen molar-refractivity contribution in [3.05, 3.63) is 24.0 Å². The number of anilines is 1. The number of pyridine rings is 1. The average Bonchev–Trinajstić information content (AvgIpc) is 2.31. The van der Waals surface area contributed by atoms with Gasteiger partial charge in [0.05, 0.1) is 18.3 Å². The first kappa shape index (κ1) is 14.4. The quantitative estimate of drug-likeness (QED) is 0.695. The summed E-state index contributed by atoms with van der Waals surface area (Å²) in [6.07, 6.45) is 2.34. The van der Waals surface area contributed by atoms with Gasteiger partial charge in [0.25, 0.3) is 0 Å². The van der Waals surface area contributed by atoms with E-state index in [1.165, 1.54) is 6.20 Å². The Labute approximate surface area is 107 Å². The molecule has 0 aromatic carbocycles. The zero-order valence-electron chi connectivity index (χ0n) is 10.9. The van der Waals surface area contributed by atoms with Crippen LogP contribution in [0.2, 0.25) is 0 Å². The Morgan fingerprint density at radius 1 is 1.50 bits per heavy atom. The fourth-order valence-corrected chi connectivity index (χ4v) is 1.67. The van der Waals surface area contributed by atoms with Crippen LogP contribution in [0.15, 0.2) is 18.3 Å². The predicted molar refractivity (Wildman–Crippen MR) is 70.8 cm³/mol. The van der Waals surface area contributed by atoms with Gasteiger partial charge in [0.15, 0.2) is 0 Å². The van der Waals surface area contributed by atoms with Crippen molar-refractivity contribution in [1.29, 1.82) is 0 Å². The molecule has 0 radical (unpaired) electrons. The summed E-state index contributed by atoms with van der Waals surface area (Å²) in [5.74, 6) is 0.208. The van der Waals surface area contributed by atoms with Crippen LogP contribution in [0.25, 0.3) is 0 Å². The predicted octanol–water partition coefficient (Wildman–Crippen LogP) is 0.729. The topological polar surface area (TPSA) is 88.2 Å². The number of hydrogen-bond donors (Lipinski definition) is 3. The Balaban J connectivity index is 2.52. The summed E-state index contributed by atoms with van der Waals surface area (Å²) in [6, 6.07) is 3.46. The lowest BCUT2D eigenvalue weighted by molar-refractivity contribution is -0.121. The first-order valence-corrected chi connectivity index (χ1v) is 6.13. The van der Waals surface area contributed by atoms with Gasteiger partial charge in [0, 0.05) is 18.3 Å². The SMILES string of the molecule is CC(C)C(CCO)NC(=O)Cc1ccc(N)cn1. The van der Waals surface area contributed by atoms with Crippen LogP contribution < -0.4 is 11.1 Å². The van der Waals surface area contributed by atoms with Gasteiger partial charge in [-0.2, -0.15) is 0 Å². The number of nitrogens with two attached hydrogens (primary N) is 1. The summed E-state index contributed by atoms with van der Waals surface area (Å²) >= 11 is 0. The number of carbonyl (C=O) groups excluding carboxylic acids is 1. The van der Waals surface area contributed by atoms with Crippen LogP contribution in [-0.2, 0) is 11.2 Å². The van der Waals surface area contributed by atoms with E-state index in [-0.39, 0.29) is 25.0 Å². The smallest absolute Gasteiger partial charge is 0.226 e. The molecule has 0 aliphatic rings. The number of aromatic nitrogens is 1. The average molecular weight is 251 g/mol. The normalized spacial score (nSPS) is 12.4. The second kappa shape index (κ2) is 6.96.